The summed E-state index contributed by atoms with van der Waals surface area (Å²) < 4.78 is 27.6. The van der Waals surface area contributed by atoms with Gasteiger partial charge in [-0.25, -0.2) is 8.42 Å². The first-order valence-electron chi connectivity index (χ1n) is 6.11. The molecule has 0 N–H and O–H groups in total. The van der Waals surface area contributed by atoms with Crippen molar-refractivity contribution in [1.29, 1.82) is 0 Å². The molecule has 1 aromatic rings. The van der Waals surface area contributed by atoms with Crippen molar-refractivity contribution in [2.75, 3.05) is 38.8 Å². The van der Waals surface area contributed by atoms with Crippen LogP contribution in [0.3, 0.4) is 0 Å². The molecule has 19 heavy (non-hydrogen) atoms. The lowest BCUT2D eigenvalue weighted by molar-refractivity contribution is 0.269. The van der Waals surface area contributed by atoms with E-state index in [1.807, 2.05) is 24.1 Å². The summed E-state index contributed by atoms with van der Waals surface area (Å²) in [6.45, 7) is 1.94. The first-order chi connectivity index (χ1) is 8.87. The molecule has 0 aliphatic heterocycles. The molecule has 0 unspecified atom stereocenters. The van der Waals surface area contributed by atoms with Gasteiger partial charge >= 0.3 is 0 Å². The molecule has 0 aliphatic carbocycles. The third-order valence-electron chi connectivity index (χ3n) is 2.59. The normalized spacial score (nSPS) is 11.8. The van der Waals surface area contributed by atoms with E-state index in [0.29, 0.717) is 18.2 Å². The van der Waals surface area contributed by atoms with Gasteiger partial charge in [-0.1, -0.05) is 17.7 Å². The lowest BCUT2D eigenvalue weighted by atomic mass is 10.3. The Hall–Kier alpha value is -0.780. The van der Waals surface area contributed by atoms with Crippen LogP contribution >= 0.6 is 11.6 Å². The van der Waals surface area contributed by atoms with Crippen LogP contribution in [0.5, 0.6) is 5.75 Å². The van der Waals surface area contributed by atoms with Crippen LogP contribution in [0.2, 0.25) is 5.02 Å². The Labute approximate surface area is 120 Å². The fourth-order valence-electron chi connectivity index (χ4n) is 1.51. The van der Waals surface area contributed by atoms with E-state index in [9.17, 15) is 8.42 Å². The molecule has 0 radical (unpaired) electrons. The molecule has 4 nitrogen and oxygen atoms in total. The van der Waals surface area contributed by atoms with Crippen molar-refractivity contribution in [3.05, 3.63) is 29.3 Å². The number of benzene rings is 1. The van der Waals surface area contributed by atoms with Gasteiger partial charge in [0.15, 0.2) is 0 Å². The molecule has 0 aromatic heterocycles. The van der Waals surface area contributed by atoms with Crippen LogP contribution in [0, 0.1) is 0 Å². The zero-order valence-electron chi connectivity index (χ0n) is 11.3. The highest BCUT2D eigenvalue weighted by molar-refractivity contribution is 7.90. The number of ether oxygens (including phenoxy) is 1. The number of rotatable bonds is 8. The van der Waals surface area contributed by atoms with Crippen molar-refractivity contribution in [3.63, 3.8) is 0 Å². The fourth-order valence-corrected chi connectivity index (χ4v) is 2.34. The van der Waals surface area contributed by atoms with Crippen LogP contribution in [0.4, 0.5) is 0 Å². The molecule has 0 heterocycles. The third kappa shape index (κ3) is 8.08. The molecular weight excluding hydrogens is 286 g/mol. The summed E-state index contributed by atoms with van der Waals surface area (Å²) in [7, 11) is -0.978. The number of nitrogens with zero attached hydrogens (tertiary/aromatic N) is 1. The average Bonchev–Trinajstić information content (AvgIpc) is 2.31. The molecule has 1 rings (SSSR count). The number of hydrogen-bond donors (Lipinski definition) is 0. The quantitative estimate of drug-likeness (QED) is 0.690. The van der Waals surface area contributed by atoms with Crippen LogP contribution in [-0.4, -0.2) is 52.1 Å². The maximum absolute atomic E-state index is 11.0. The van der Waals surface area contributed by atoms with Crippen molar-refractivity contribution < 1.29 is 13.2 Å². The Balaban J connectivity index is 2.17. The summed E-state index contributed by atoms with van der Waals surface area (Å²) in [6, 6.07) is 7.28. The summed E-state index contributed by atoms with van der Waals surface area (Å²) >= 11 is 5.85. The van der Waals surface area contributed by atoms with Crippen LogP contribution < -0.4 is 4.74 Å². The highest BCUT2D eigenvalue weighted by Gasteiger charge is 2.05. The molecule has 0 spiro atoms. The lowest BCUT2D eigenvalue weighted by Gasteiger charge is -2.16. The highest BCUT2D eigenvalue weighted by atomic mass is 35.5. The molecule has 0 amide bonds. The Morgan fingerprint density at radius 3 is 2.68 bits per heavy atom. The van der Waals surface area contributed by atoms with E-state index in [1.54, 1.807) is 12.1 Å². The maximum atomic E-state index is 11.0. The van der Waals surface area contributed by atoms with E-state index in [0.717, 1.165) is 18.7 Å². The standard InChI is InChI=1S/C13H20ClNO3S/c1-15(8-10-19(2,16)17)7-4-9-18-13-6-3-5-12(14)11-13/h3,5-6,11H,4,7-10H2,1-2H3. The van der Waals surface area contributed by atoms with Crippen LogP contribution in [0.1, 0.15) is 6.42 Å². The summed E-state index contributed by atoms with van der Waals surface area (Å²) in [6.07, 6.45) is 2.09. The van der Waals surface area contributed by atoms with E-state index in [2.05, 4.69) is 0 Å². The zero-order valence-corrected chi connectivity index (χ0v) is 12.9. The minimum absolute atomic E-state index is 0.193. The topological polar surface area (TPSA) is 46.6 Å². The van der Waals surface area contributed by atoms with Gasteiger partial charge in [0.25, 0.3) is 0 Å². The lowest BCUT2D eigenvalue weighted by Crippen LogP contribution is -2.27. The summed E-state index contributed by atoms with van der Waals surface area (Å²) in [4.78, 5) is 1.99. The van der Waals surface area contributed by atoms with Gasteiger partial charge in [0.2, 0.25) is 0 Å². The van der Waals surface area contributed by atoms with Crippen molar-refractivity contribution in [2.24, 2.45) is 0 Å². The van der Waals surface area contributed by atoms with E-state index in [-0.39, 0.29) is 5.75 Å². The summed E-state index contributed by atoms with van der Waals surface area (Å²) in [5.74, 6) is 0.949. The van der Waals surface area contributed by atoms with E-state index < -0.39 is 9.84 Å². The third-order valence-corrected chi connectivity index (χ3v) is 3.75. The number of halogens is 1. The van der Waals surface area contributed by atoms with Gasteiger partial charge in [-0.05, 0) is 31.7 Å². The fraction of sp³-hybridized carbons (Fsp3) is 0.538. The molecule has 6 heteroatoms. The van der Waals surface area contributed by atoms with Gasteiger partial charge in [0, 0.05) is 24.4 Å². The molecule has 0 saturated carbocycles. The SMILES string of the molecule is CN(CCCOc1cccc(Cl)c1)CCS(C)(=O)=O. The zero-order chi connectivity index (χ0) is 14.3. The molecular formula is C13H20ClNO3S. The minimum Gasteiger partial charge on any atom is -0.493 e. The Morgan fingerprint density at radius 1 is 1.32 bits per heavy atom. The predicted octanol–water partition coefficient (Wildman–Crippen LogP) is 2.09. The Bertz CT molecular complexity index is 490. The summed E-state index contributed by atoms with van der Waals surface area (Å²) in [5, 5.41) is 0.655. The van der Waals surface area contributed by atoms with Gasteiger partial charge in [-0.3, -0.25) is 0 Å². The smallest absolute Gasteiger partial charge is 0.148 e. The van der Waals surface area contributed by atoms with Gasteiger partial charge in [0.1, 0.15) is 15.6 Å². The number of sulfone groups is 1. The second kappa shape index (κ2) is 7.72. The first-order valence-corrected chi connectivity index (χ1v) is 8.55. The van der Waals surface area contributed by atoms with Gasteiger partial charge in [0.05, 0.1) is 12.4 Å². The first kappa shape index (κ1) is 16.3. The maximum Gasteiger partial charge on any atom is 0.148 e. The largest absolute Gasteiger partial charge is 0.493 e. The van der Waals surface area contributed by atoms with Crippen molar-refractivity contribution in [2.45, 2.75) is 6.42 Å². The average molecular weight is 306 g/mol. The predicted molar refractivity (Wildman–Crippen MR) is 78.8 cm³/mol. The van der Waals surface area contributed by atoms with Crippen LogP contribution in [0.15, 0.2) is 24.3 Å². The molecule has 0 fully saturated rings. The molecule has 0 bridgehead atoms. The molecule has 1 aromatic carbocycles. The Morgan fingerprint density at radius 2 is 2.05 bits per heavy atom. The second-order valence-corrected chi connectivity index (χ2v) is 7.29. The van der Waals surface area contributed by atoms with Gasteiger partial charge < -0.3 is 9.64 Å². The van der Waals surface area contributed by atoms with Crippen molar-refractivity contribution in [1.82, 2.24) is 4.90 Å². The minimum atomic E-state index is -2.89. The number of hydrogen-bond acceptors (Lipinski definition) is 4. The van der Waals surface area contributed by atoms with Crippen LogP contribution in [0.25, 0.3) is 0 Å². The van der Waals surface area contributed by atoms with Crippen molar-refractivity contribution >= 4 is 21.4 Å². The summed E-state index contributed by atoms with van der Waals surface area (Å²) in [5.41, 5.74) is 0. The van der Waals surface area contributed by atoms with Gasteiger partial charge in [-0.2, -0.15) is 0 Å². The van der Waals surface area contributed by atoms with E-state index >= 15 is 0 Å². The van der Waals surface area contributed by atoms with Crippen LogP contribution in [-0.2, 0) is 9.84 Å². The molecule has 0 aliphatic rings. The molecule has 0 saturated heterocycles. The molecule has 108 valence electrons. The van der Waals surface area contributed by atoms with E-state index in [1.165, 1.54) is 6.26 Å². The molecule has 0 atom stereocenters. The Kier molecular flexibility index (Phi) is 6.62. The second-order valence-electron chi connectivity index (χ2n) is 4.59. The van der Waals surface area contributed by atoms with Crippen molar-refractivity contribution in [3.8, 4) is 5.75 Å². The highest BCUT2D eigenvalue weighted by Crippen LogP contribution is 2.17. The van der Waals surface area contributed by atoms with E-state index in [4.69, 9.17) is 16.3 Å². The van der Waals surface area contributed by atoms with Gasteiger partial charge in [-0.15, -0.1) is 0 Å². The monoisotopic (exact) mass is 305 g/mol.